The van der Waals surface area contributed by atoms with Crippen LogP contribution in [0.25, 0.3) is 16.6 Å². The fourth-order valence-electron chi connectivity index (χ4n) is 2.66. The van der Waals surface area contributed by atoms with Gasteiger partial charge in [-0.25, -0.2) is 0 Å². The molecule has 3 rings (SSSR count). The van der Waals surface area contributed by atoms with Gasteiger partial charge in [0.15, 0.2) is 0 Å². The molecule has 7 heteroatoms. The van der Waals surface area contributed by atoms with Gasteiger partial charge >= 0.3 is 0 Å². The molecule has 28 heavy (non-hydrogen) atoms. The average molecular weight is 387 g/mol. The summed E-state index contributed by atoms with van der Waals surface area (Å²) >= 11 is 1.58. The smallest absolute Gasteiger partial charge is 0.248 e. The minimum absolute atomic E-state index is 0.123. The van der Waals surface area contributed by atoms with Crippen molar-refractivity contribution >= 4 is 23.3 Å². The predicted molar refractivity (Wildman–Crippen MR) is 108 cm³/mol. The van der Waals surface area contributed by atoms with Gasteiger partial charge in [0.2, 0.25) is 5.91 Å². The van der Waals surface area contributed by atoms with Crippen LogP contribution in [0.3, 0.4) is 0 Å². The molecule has 0 atom stereocenters. The lowest BCUT2D eigenvalue weighted by atomic mass is 10.2. The van der Waals surface area contributed by atoms with Crippen LogP contribution in [0.5, 0.6) is 0 Å². The van der Waals surface area contributed by atoms with Gasteiger partial charge in [-0.2, -0.15) is 15.6 Å². The first kappa shape index (κ1) is 19.1. The molecule has 6 nitrogen and oxygen atoms in total. The highest BCUT2D eigenvalue weighted by Gasteiger charge is 2.13. The highest BCUT2D eigenvalue weighted by Crippen LogP contribution is 2.27. The Kier molecular flexibility index (Phi) is 6.35. The van der Waals surface area contributed by atoms with Crippen LogP contribution in [0.1, 0.15) is 11.1 Å². The first-order valence-corrected chi connectivity index (χ1v) is 9.45. The van der Waals surface area contributed by atoms with Crippen LogP contribution in [0.2, 0.25) is 0 Å². The van der Waals surface area contributed by atoms with Gasteiger partial charge in [-0.15, -0.1) is 11.3 Å². The highest BCUT2D eigenvalue weighted by atomic mass is 32.1. The molecule has 3 aromatic rings. The van der Waals surface area contributed by atoms with Gasteiger partial charge in [-0.05, 0) is 23.1 Å². The maximum atomic E-state index is 12.3. The third-order valence-corrected chi connectivity index (χ3v) is 4.85. The topological polar surface area (TPSA) is 85.7 Å². The molecule has 138 valence electrons. The summed E-state index contributed by atoms with van der Waals surface area (Å²) in [6, 6.07) is 17.7. The second-order valence-corrected chi connectivity index (χ2v) is 6.89. The SMILES string of the molecule is N#CCN(CC#N)C(=O)/C=C/c1cn(Cc2ccccc2)nc1-c1cccs1. The summed E-state index contributed by atoms with van der Waals surface area (Å²) < 4.78 is 1.84. The van der Waals surface area contributed by atoms with Crippen molar-refractivity contribution in [3.8, 4) is 22.7 Å². The van der Waals surface area contributed by atoms with Crippen LogP contribution in [-0.4, -0.2) is 33.7 Å². The van der Waals surface area contributed by atoms with Crippen molar-refractivity contribution in [2.45, 2.75) is 6.54 Å². The average Bonchev–Trinajstić information content (AvgIpc) is 3.36. The number of hydrogen-bond acceptors (Lipinski definition) is 5. The third kappa shape index (κ3) is 4.73. The molecule has 1 amide bonds. The Hall–Kier alpha value is -3.68. The van der Waals surface area contributed by atoms with Gasteiger partial charge < -0.3 is 4.90 Å². The van der Waals surface area contributed by atoms with Gasteiger partial charge in [0.25, 0.3) is 0 Å². The summed E-state index contributed by atoms with van der Waals surface area (Å²) in [7, 11) is 0. The molecule has 0 radical (unpaired) electrons. The number of carbonyl (C=O) groups is 1. The van der Waals surface area contributed by atoms with E-state index in [0.29, 0.717) is 6.54 Å². The molecule has 0 aliphatic heterocycles. The second-order valence-electron chi connectivity index (χ2n) is 5.94. The summed E-state index contributed by atoms with van der Waals surface area (Å²) in [5.41, 5.74) is 2.73. The van der Waals surface area contributed by atoms with Crippen LogP contribution < -0.4 is 0 Å². The number of rotatable bonds is 7. The zero-order chi connectivity index (χ0) is 19.8. The van der Waals surface area contributed by atoms with Gasteiger partial charge in [0.05, 0.1) is 23.6 Å². The molecule has 2 heterocycles. The van der Waals surface area contributed by atoms with Crippen molar-refractivity contribution in [3.63, 3.8) is 0 Å². The van der Waals surface area contributed by atoms with E-state index in [0.717, 1.165) is 21.7 Å². The minimum atomic E-state index is -0.379. The van der Waals surface area contributed by atoms with E-state index in [2.05, 4.69) is 5.10 Å². The summed E-state index contributed by atoms with van der Waals surface area (Å²) in [6.07, 6.45) is 4.97. The number of amides is 1. The Bertz CT molecular complexity index is 1020. The van der Waals surface area contributed by atoms with Crippen molar-refractivity contribution in [3.05, 3.63) is 71.2 Å². The summed E-state index contributed by atoms with van der Waals surface area (Å²) in [5.74, 6) is -0.379. The van der Waals surface area contributed by atoms with Crippen LogP contribution in [0.15, 0.2) is 60.1 Å². The standard InChI is InChI=1S/C21H17N5OS/c22-10-12-25(13-11-23)20(27)9-8-18-16-26(15-17-5-2-1-3-6-17)24-21(18)19-7-4-14-28-19/h1-9,14,16H,12-13,15H2/b9-8+. The molecule has 0 aliphatic rings. The summed E-state index contributed by atoms with van der Waals surface area (Å²) in [6.45, 7) is 0.375. The number of carbonyl (C=O) groups excluding carboxylic acids is 1. The van der Waals surface area contributed by atoms with E-state index in [1.54, 1.807) is 17.4 Å². The Balaban J connectivity index is 1.87. The first-order valence-electron chi connectivity index (χ1n) is 8.57. The molecular weight excluding hydrogens is 370 g/mol. The number of nitrogens with zero attached hydrogens (tertiary/aromatic N) is 5. The summed E-state index contributed by atoms with van der Waals surface area (Å²) in [4.78, 5) is 14.5. The van der Waals surface area contributed by atoms with Crippen molar-refractivity contribution in [1.29, 1.82) is 10.5 Å². The van der Waals surface area contributed by atoms with Crippen LogP contribution in [0.4, 0.5) is 0 Å². The number of hydrogen-bond donors (Lipinski definition) is 0. The van der Waals surface area contributed by atoms with Crippen molar-refractivity contribution in [2.75, 3.05) is 13.1 Å². The normalized spacial score (nSPS) is 10.5. The molecule has 0 N–H and O–H groups in total. The van der Waals surface area contributed by atoms with Crippen molar-refractivity contribution in [1.82, 2.24) is 14.7 Å². The zero-order valence-electron chi connectivity index (χ0n) is 15.0. The monoisotopic (exact) mass is 387 g/mol. The molecule has 2 aromatic heterocycles. The van der Waals surface area contributed by atoms with E-state index in [9.17, 15) is 4.79 Å². The Morgan fingerprint density at radius 3 is 2.54 bits per heavy atom. The van der Waals surface area contributed by atoms with Crippen molar-refractivity contribution in [2.24, 2.45) is 0 Å². The number of nitriles is 2. The van der Waals surface area contributed by atoms with E-state index < -0.39 is 0 Å². The molecule has 0 bridgehead atoms. The van der Waals surface area contributed by atoms with Gasteiger partial charge in [0.1, 0.15) is 18.8 Å². The number of aromatic nitrogens is 2. The van der Waals surface area contributed by atoms with E-state index in [1.807, 2.05) is 70.9 Å². The largest absolute Gasteiger partial charge is 0.313 e. The van der Waals surface area contributed by atoms with Gasteiger partial charge in [-0.1, -0.05) is 36.4 Å². The Morgan fingerprint density at radius 1 is 1.14 bits per heavy atom. The van der Waals surface area contributed by atoms with E-state index >= 15 is 0 Å². The van der Waals surface area contributed by atoms with Crippen LogP contribution in [-0.2, 0) is 11.3 Å². The molecule has 0 saturated heterocycles. The van der Waals surface area contributed by atoms with Crippen LogP contribution >= 0.6 is 11.3 Å². The number of thiophene rings is 1. The zero-order valence-corrected chi connectivity index (χ0v) is 15.8. The van der Waals surface area contributed by atoms with E-state index in [4.69, 9.17) is 10.5 Å². The molecule has 0 fully saturated rings. The van der Waals surface area contributed by atoms with Gasteiger partial charge in [0, 0.05) is 17.8 Å². The number of benzene rings is 1. The lowest BCUT2D eigenvalue weighted by Gasteiger charge is -2.12. The van der Waals surface area contributed by atoms with Crippen molar-refractivity contribution < 1.29 is 4.79 Å². The summed E-state index contributed by atoms with van der Waals surface area (Å²) in [5, 5.41) is 24.3. The second kappa shape index (κ2) is 9.31. The molecule has 0 unspecified atom stereocenters. The molecule has 1 aromatic carbocycles. The fraction of sp³-hybridized carbons (Fsp3) is 0.143. The fourth-order valence-corrected chi connectivity index (χ4v) is 3.40. The maximum Gasteiger partial charge on any atom is 0.248 e. The highest BCUT2D eigenvalue weighted by molar-refractivity contribution is 7.13. The van der Waals surface area contributed by atoms with E-state index in [-0.39, 0.29) is 19.0 Å². The lowest BCUT2D eigenvalue weighted by molar-refractivity contribution is -0.124. The Morgan fingerprint density at radius 2 is 1.89 bits per heavy atom. The molecular formula is C21H17N5OS. The third-order valence-electron chi connectivity index (χ3n) is 3.97. The Labute approximate surface area is 167 Å². The van der Waals surface area contributed by atoms with Crippen LogP contribution in [0, 0.1) is 22.7 Å². The maximum absolute atomic E-state index is 12.3. The van der Waals surface area contributed by atoms with Gasteiger partial charge in [-0.3, -0.25) is 9.48 Å². The molecule has 0 saturated carbocycles. The molecule has 0 aliphatic carbocycles. The molecule has 0 spiro atoms. The minimum Gasteiger partial charge on any atom is -0.313 e. The first-order chi connectivity index (χ1) is 13.7. The van der Waals surface area contributed by atoms with E-state index in [1.165, 1.54) is 11.0 Å². The quantitative estimate of drug-likeness (QED) is 0.458. The lowest BCUT2D eigenvalue weighted by Crippen LogP contribution is -2.30. The predicted octanol–water partition coefficient (Wildman–Crippen LogP) is 3.55.